The lowest BCUT2D eigenvalue weighted by atomic mass is 9.87. The number of benzene rings is 3. The maximum absolute atomic E-state index is 14.4. The molecule has 0 N–H and O–H groups in total. The first-order valence-corrected chi connectivity index (χ1v) is 12.6. The SMILES string of the molecule is O=C(c1c(F)cccc1F)N1CC(CN2CCN(c3ccccc3)CC2)C(c2cccc(C(F)(F)F)c2)C1. The fourth-order valence-corrected chi connectivity index (χ4v) is 5.56. The van der Waals surface area contributed by atoms with Gasteiger partial charge in [-0.05, 0) is 41.8 Å². The maximum atomic E-state index is 14.4. The van der Waals surface area contributed by atoms with Crippen LogP contribution in [0, 0.1) is 17.6 Å². The molecule has 2 saturated heterocycles. The zero-order valence-electron chi connectivity index (χ0n) is 20.7. The molecule has 2 heterocycles. The lowest BCUT2D eigenvalue weighted by Gasteiger charge is -2.38. The number of amides is 1. The number of nitrogens with zero attached hydrogens (tertiary/aromatic N) is 3. The smallest absolute Gasteiger partial charge is 0.369 e. The first-order valence-electron chi connectivity index (χ1n) is 12.6. The van der Waals surface area contributed by atoms with Gasteiger partial charge in [-0.2, -0.15) is 13.2 Å². The number of likely N-dealkylation sites (tertiary alicyclic amines) is 1. The van der Waals surface area contributed by atoms with Crippen molar-refractivity contribution in [2.24, 2.45) is 5.92 Å². The quantitative estimate of drug-likeness (QED) is 0.399. The molecular formula is C29H28F5N3O. The Labute approximate surface area is 218 Å². The van der Waals surface area contributed by atoms with E-state index in [4.69, 9.17) is 0 Å². The second-order valence-corrected chi connectivity index (χ2v) is 9.92. The highest BCUT2D eigenvalue weighted by Gasteiger charge is 2.40. The van der Waals surface area contributed by atoms with Gasteiger partial charge in [-0.1, -0.05) is 42.5 Å². The molecule has 2 atom stereocenters. The second kappa shape index (κ2) is 10.7. The molecule has 0 aromatic heterocycles. The third kappa shape index (κ3) is 5.53. The molecule has 2 fully saturated rings. The van der Waals surface area contributed by atoms with E-state index in [9.17, 15) is 26.7 Å². The van der Waals surface area contributed by atoms with Gasteiger partial charge in [0, 0.05) is 57.4 Å². The normalized spacial score (nSPS) is 20.7. The molecule has 9 heteroatoms. The van der Waals surface area contributed by atoms with Crippen LogP contribution in [0.3, 0.4) is 0 Å². The third-order valence-electron chi connectivity index (χ3n) is 7.53. The van der Waals surface area contributed by atoms with E-state index in [0.717, 1.165) is 56.1 Å². The zero-order valence-corrected chi connectivity index (χ0v) is 20.7. The molecule has 0 bridgehead atoms. The molecule has 0 saturated carbocycles. The van der Waals surface area contributed by atoms with E-state index in [0.29, 0.717) is 12.1 Å². The molecule has 38 heavy (non-hydrogen) atoms. The van der Waals surface area contributed by atoms with Gasteiger partial charge < -0.3 is 9.80 Å². The first kappa shape index (κ1) is 26.2. The molecule has 3 aromatic rings. The Morgan fingerprint density at radius 3 is 2.13 bits per heavy atom. The van der Waals surface area contributed by atoms with E-state index in [-0.39, 0.29) is 19.0 Å². The minimum Gasteiger partial charge on any atom is -0.369 e. The van der Waals surface area contributed by atoms with Crippen LogP contribution >= 0.6 is 0 Å². The summed E-state index contributed by atoms with van der Waals surface area (Å²) in [5.74, 6) is -3.28. The second-order valence-electron chi connectivity index (χ2n) is 9.92. The molecule has 200 valence electrons. The summed E-state index contributed by atoms with van der Waals surface area (Å²) in [5, 5.41) is 0. The van der Waals surface area contributed by atoms with Crippen LogP contribution in [-0.4, -0.2) is 61.5 Å². The van der Waals surface area contributed by atoms with E-state index < -0.39 is 40.8 Å². The Balaban J connectivity index is 1.36. The molecule has 2 aliphatic rings. The number of hydrogen-bond acceptors (Lipinski definition) is 3. The van der Waals surface area contributed by atoms with Gasteiger partial charge >= 0.3 is 6.18 Å². The molecule has 2 unspecified atom stereocenters. The van der Waals surface area contributed by atoms with Gasteiger partial charge in [-0.15, -0.1) is 0 Å². The minimum atomic E-state index is -4.50. The number of carbonyl (C=O) groups excluding carboxylic acids is 1. The molecule has 0 radical (unpaired) electrons. The Morgan fingerprint density at radius 1 is 0.816 bits per heavy atom. The van der Waals surface area contributed by atoms with E-state index in [1.165, 1.54) is 17.0 Å². The highest BCUT2D eigenvalue weighted by Crippen LogP contribution is 2.38. The average Bonchev–Trinajstić information content (AvgIpc) is 3.33. The Kier molecular flexibility index (Phi) is 7.38. The zero-order chi connectivity index (χ0) is 26.9. The summed E-state index contributed by atoms with van der Waals surface area (Å²) in [5.41, 5.74) is 0.221. The van der Waals surface area contributed by atoms with Crippen molar-refractivity contribution in [1.29, 1.82) is 0 Å². The lowest BCUT2D eigenvalue weighted by Crippen LogP contribution is -2.48. The predicted octanol–water partition coefficient (Wildman–Crippen LogP) is 5.66. The van der Waals surface area contributed by atoms with Crippen LogP contribution in [0.2, 0.25) is 0 Å². The third-order valence-corrected chi connectivity index (χ3v) is 7.53. The number of rotatable bonds is 5. The Hall–Kier alpha value is -3.46. The van der Waals surface area contributed by atoms with E-state index in [2.05, 4.69) is 21.9 Å². The molecule has 1 amide bonds. The van der Waals surface area contributed by atoms with Gasteiger partial charge in [0.05, 0.1) is 5.56 Å². The standard InChI is InChI=1S/C29H28F5N3O/c30-25-10-5-11-26(31)27(25)28(38)37-18-21(24(19-37)20-6-4-7-22(16-20)29(32,33)34)17-35-12-14-36(15-13-35)23-8-2-1-3-9-23/h1-11,16,21,24H,12-15,17-19H2. The molecular weight excluding hydrogens is 501 g/mol. The summed E-state index contributed by atoms with van der Waals surface area (Å²) in [6, 6.07) is 18.5. The fourth-order valence-electron chi connectivity index (χ4n) is 5.56. The largest absolute Gasteiger partial charge is 0.416 e. The van der Waals surface area contributed by atoms with Crippen LogP contribution in [-0.2, 0) is 6.18 Å². The number of para-hydroxylation sites is 1. The summed E-state index contributed by atoms with van der Waals surface area (Å²) in [6.45, 7) is 3.97. The van der Waals surface area contributed by atoms with Gasteiger partial charge in [0.1, 0.15) is 17.2 Å². The molecule has 3 aromatic carbocycles. The van der Waals surface area contributed by atoms with Gasteiger partial charge in [0.15, 0.2) is 0 Å². The van der Waals surface area contributed by atoms with Crippen molar-refractivity contribution in [2.75, 3.05) is 50.7 Å². The molecule has 0 aliphatic carbocycles. The van der Waals surface area contributed by atoms with Crippen molar-refractivity contribution in [1.82, 2.24) is 9.80 Å². The summed E-state index contributed by atoms with van der Waals surface area (Å²) in [4.78, 5) is 19.1. The minimum absolute atomic E-state index is 0.0859. The van der Waals surface area contributed by atoms with Crippen molar-refractivity contribution >= 4 is 11.6 Å². The van der Waals surface area contributed by atoms with Crippen molar-refractivity contribution in [2.45, 2.75) is 12.1 Å². The van der Waals surface area contributed by atoms with Crippen LogP contribution < -0.4 is 4.90 Å². The number of piperazine rings is 1. The molecule has 4 nitrogen and oxygen atoms in total. The maximum Gasteiger partial charge on any atom is 0.416 e. The highest BCUT2D eigenvalue weighted by atomic mass is 19.4. The van der Waals surface area contributed by atoms with Crippen LogP contribution in [0.5, 0.6) is 0 Å². The summed E-state index contributed by atoms with van der Waals surface area (Å²) >= 11 is 0. The van der Waals surface area contributed by atoms with Crippen LogP contribution in [0.1, 0.15) is 27.4 Å². The molecule has 2 aliphatic heterocycles. The topological polar surface area (TPSA) is 26.8 Å². The van der Waals surface area contributed by atoms with Crippen LogP contribution in [0.4, 0.5) is 27.6 Å². The average molecular weight is 530 g/mol. The monoisotopic (exact) mass is 529 g/mol. The van der Waals surface area contributed by atoms with Crippen molar-refractivity contribution < 1.29 is 26.7 Å². The van der Waals surface area contributed by atoms with Crippen molar-refractivity contribution in [3.8, 4) is 0 Å². The first-order chi connectivity index (χ1) is 18.2. The van der Waals surface area contributed by atoms with E-state index in [1.807, 2.05) is 18.2 Å². The Morgan fingerprint density at radius 2 is 1.47 bits per heavy atom. The Bertz CT molecular complexity index is 1250. The predicted molar refractivity (Wildman–Crippen MR) is 135 cm³/mol. The van der Waals surface area contributed by atoms with Gasteiger partial charge in [0.25, 0.3) is 5.91 Å². The van der Waals surface area contributed by atoms with Gasteiger partial charge in [-0.3, -0.25) is 9.69 Å². The lowest BCUT2D eigenvalue weighted by molar-refractivity contribution is -0.137. The summed E-state index contributed by atoms with van der Waals surface area (Å²) < 4.78 is 69.1. The van der Waals surface area contributed by atoms with Crippen molar-refractivity contribution in [3.05, 3.63) is 101 Å². The number of hydrogen-bond donors (Lipinski definition) is 0. The number of anilines is 1. The van der Waals surface area contributed by atoms with Crippen LogP contribution in [0.15, 0.2) is 72.8 Å². The van der Waals surface area contributed by atoms with E-state index >= 15 is 0 Å². The fraction of sp³-hybridized carbons (Fsp3) is 0.345. The summed E-state index contributed by atoms with van der Waals surface area (Å²) in [6.07, 6.45) is -4.50. The number of carbonyl (C=O) groups is 1. The highest BCUT2D eigenvalue weighted by molar-refractivity contribution is 5.95. The van der Waals surface area contributed by atoms with Gasteiger partial charge in [0.2, 0.25) is 0 Å². The molecule has 5 rings (SSSR count). The van der Waals surface area contributed by atoms with Crippen LogP contribution in [0.25, 0.3) is 0 Å². The van der Waals surface area contributed by atoms with Gasteiger partial charge in [-0.25, -0.2) is 8.78 Å². The van der Waals surface area contributed by atoms with E-state index in [1.54, 1.807) is 6.07 Å². The van der Waals surface area contributed by atoms with Crippen molar-refractivity contribution in [3.63, 3.8) is 0 Å². The number of alkyl halides is 3. The number of halogens is 5. The summed E-state index contributed by atoms with van der Waals surface area (Å²) in [7, 11) is 0. The molecule has 0 spiro atoms.